The lowest BCUT2D eigenvalue weighted by atomic mass is 9.90. The molecular weight excluding hydrogens is 492 g/mol. The normalized spacial score (nSPS) is 15.7. The van der Waals surface area contributed by atoms with Crippen LogP contribution in [0.25, 0.3) is 11.0 Å². The van der Waals surface area contributed by atoms with E-state index in [4.69, 9.17) is 0 Å². The molecule has 186 valence electrons. The second-order valence-corrected chi connectivity index (χ2v) is 11.4. The lowest BCUT2D eigenvalue weighted by Crippen LogP contribution is -2.51. The predicted molar refractivity (Wildman–Crippen MR) is 141 cm³/mol. The van der Waals surface area contributed by atoms with E-state index in [-0.39, 0.29) is 17.2 Å². The van der Waals surface area contributed by atoms with Crippen LogP contribution in [0.1, 0.15) is 24.0 Å². The second-order valence-electron chi connectivity index (χ2n) is 9.21. The van der Waals surface area contributed by atoms with Gasteiger partial charge in [-0.05, 0) is 54.9 Å². The molecule has 0 radical (unpaired) electrons. The summed E-state index contributed by atoms with van der Waals surface area (Å²) in [6, 6.07) is 23.9. The van der Waals surface area contributed by atoms with E-state index in [1.807, 2.05) is 41.3 Å². The molecule has 1 saturated heterocycles. The van der Waals surface area contributed by atoms with Gasteiger partial charge < -0.3 is 4.90 Å². The number of amides is 1. The van der Waals surface area contributed by atoms with Crippen LogP contribution in [0.3, 0.4) is 0 Å². The predicted octanol–water partition coefficient (Wildman–Crippen LogP) is 4.06. The van der Waals surface area contributed by atoms with Gasteiger partial charge in [0, 0.05) is 13.1 Å². The molecule has 7 nitrogen and oxygen atoms in total. The van der Waals surface area contributed by atoms with Gasteiger partial charge in [-0.1, -0.05) is 66.7 Å². The van der Waals surface area contributed by atoms with Crippen LogP contribution in [0.5, 0.6) is 0 Å². The Morgan fingerprint density at radius 1 is 0.917 bits per heavy atom. The lowest BCUT2D eigenvalue weighted by molar-refractivity contribution is -0.134. The zero-order valence-corrected chi connectivity index (χ0v) is 21.4. The fraction of sp³-hybridized carbons (Fsp3) is 0.296. The van der Waals surface area contributed by atoms with Crippen LogP contribution >= 0.6 is 11.7 Å². The van der Waals surface area contributed by atoms with Crippen LogP contribution in [0, 0.1) is 5.92 Å². The highest BCUT2D eigenvalue weighted by Crippen LogP contribution is 2.24. The number of nitrogens with zero attached hydrogens (tertiary/aromatic N) is 3. The largest absolute Gasteiger partial charge is 0.341 e. The van der Waals surface area contributed by atoms with Crippen molar-refractivity contribution in [2.24, 2.45) is 5.92 Å². The van der Waals surface area contributed by atoms with E-state index >= 15 is 0 Å². The van der Waals surface area contributed by atoms with Crippen molar-refractivity contribution in [1.29, 1.82) is 0 Å². The summed E-state index contributed by atoms with van der Waals surface area (Å²) < 4.78 is 37.9. The van der Waals surface area contributed by atoms with Crippen LogP contribution in [-0.2, 0) is 27.7 Å². The van der Waals surface area contributed by atoms with E-state index in [2.05, 4.69) is 37.7 Å². The van der Waals surface area contributed by atoms with Gasteiger partial charge in [0.15, 0.2) is 0 Å². The summed E-state index contributed by atoms with van der Waals surface area (Å²) in [6.07, 6.45) is 3.06. The minimum Gasteiger partial charge on any atom is -0.341 e. The topological polar surface area (TPSA) is 92.3 Å². The van der Waals surface area contributed by atoms with E-state index in [1.165, 1.54) is 11.6 Å². The average Bonchev–Trinajstić information content (AvgIpc) is 3.38. The molecule has 1 N–H and O–H groups in total. The highest BCUT2D eigenvalue weighted by atomic mass is 32.2. The third-order valence-corrected chi connectivity index (χ3v) is 8.76. The highest BCUT2D eigenvalue weighted by molar-refractivity contribution is 7.89. The minimum atomic E-state index is -4.00. The molecule has 1 aliphatic rings. The van der Waals surface area contributed by atoms with E-state index in [0.717, 1.165) is 36.6 Å². The first-order chi connectivity index (χ1) is 17.5. The fourth-order valence-electron chi connectivity index (χ4n) is 4.80. The number of likely N-dealkylation sites (tertiary alicyclic amines) is 1. The molecule has 2 heterocycles. The van der Waals surface area contributed by atoms with Crippen molar-refractivity contribution in [1.82, 2.24) is 18.4 Å². The summed E-state index contributed by atoms with van der Waals surface area (Å²) in [5.74, 6) is 0.319. The van der Waals surface area contributed by atoms with Crippen LogP contribution < -0.4 is 4.72 Å². The summed E-state index contributed by atoms with van der Waals surface area (Å²) in [4.78, 5) is 15.5. The molecule has 0 spiro atoms. The maximum atomic E-state index is 13.7. The van der Waals surface area contributed by atoms with Gasteiger partial charge in [0.25, 0.3) is 0 Å². The molecule has 1 fully saturated rings. The number of hydrogen-bond donors (Lipinski definition) is 1. The first-order valence-electron chi connectivity index (χ1n) is 12.1. The van der Waals surface area contributed by atoms with E-state index < -0.39 is 16.1 Å². The SMILES string of the molecule is O=C([C@@H](Cc1ccccc1)NS(=O)(=O)c1cccc2nsnc12)N1CCC(Cc2ccccc2)CC1. The number of carbonyl (C=O) groups is 1. The molecule has 1 aliphatic heterocycles. The molecule has 0 aliphatic carbocycles. The molecule has 0 saturated carbocycles. The van der Waals surface area contributed by atoms with E-state index in [9.17, 15) is 13.2 Å². The molecule has 4 aromatic rings. The molecule has 1 atom stereocenters. The van der Waals surface area contributed by atoms with Crippen molar-refractivity contribution in [2.75, 3.05) is 13.1 Å². The maximum absolute atomic E-state index is 13.7. The molecule has 3 aromatic carbocycles. The van der Waals surface area contributed by atoms with Gasteiger partial charge in [0.1, 0.15) is 22.0 Å². The van der Waals surface area contributed by atoms with Crippen molar-refractivity contribution < 1.29 is 13.2 Å². The van der Waals surface area contributed by atoms with Gasteiger partial charge in [-0.25, -0.2) is 8.42 Å². The van der Waals surface area contributed by atoms with E-state index in [0.29, 0.717) is 30.0 Å². The minimum absolute atomic E-state index is 0.0428. The van der Waals surface area contributed by atoms with Crippen molar-refractivity contribution in [3.05, 3.63) is 90.0 Å². The van der Waals surface area contributed by atoms with Crippen molar-refractivity contribution in [3.63, 3.8) is 0 Å². The number of sulfonamides is 1. The quantitative estimate of drug-likeness (QED) is 0.378. The summed E-state index contributed by atoms with van der Waals surface area (Å²) >= 11 is 0.967. The monoisotopic (exact) mass is 520 g/mol. The van der Waals surface area contributed by atoms with Crippen molar-refractivity contribution in [2.45, 2.75) is 36.6 Å². The molecule has 9 heteroatoms. The lowest BCUT2D eigenvalue weighted by Gasteiger charge is -2.34. The van der Waals surface area contributed by atoms with Crippen LogP contribution in [0.15, 0.2) is 83.8 Å². The molecular formula is C27H28N4O3S2. The smallest absolute Gasteiger partial charge is 0.243 e. The van der Waals surface area contributed by atoms with Gasteiger partial charge in [-0.3, -0.25) is 4.79 Å². The first kappa shape index (κ1) is 24.5. The zero-order valence-electron chi connectivity index (χ0n) is 19.8. The number of carbonyl (C=O) groups excluding carboxylic acids is 1. The number of hydrogen-bond acceptors (Lipinski definition) is 6. The Kier molecular flexibility index (Phi) is 7.41. The first-order valence-corrected chi connectivity index (χ1v) is 14.3. The fourth-order valence-corrected chi connectivity index (χ4v) is 6.76. The number of nitrogens with one attached hydrogen (secondary N) is 1. The molecule has 36 heavy (non-hydrogen) atoms. The third kappa shape index (κ3) is 5.64. The van der Waals surface area contributed by atoms with Crippen LogP contribution in [0.2, 0.25) is 0 Å². The zero-order chi connectivity index (χ0) is 25.0. The molecule has 1 aromatic heterocycles. The van der Waals surface area contributed by atoms with Crippen LogP contribution in [0.4, 0.5) is 0 Å². The van der Waals surface area contributed by atoms with E-state index in [1.54, 1.807) is 12.1 Å². The van der Waals surface area contributed by atoms with Crippen molar-refractivity contribution in [3.8, 4) is 0 Å². The molecule has 5 rings (SSSR count). The number of rotatable bonds is 8. The van der Waals surface area contributed by atoms with Gasteiger partial charge in [0.2, 0.25) is 15.9 Å². The number of aromatic nitrogens is 2. The Morgan fingerprint density at radius 3 is 2.28 bits per heavy atom. The van der Waals surface area contributed by atoms with Crippen LogP contribution in [-0.4, -0.2) is 47.1 Å². The summed E-state index contributed by atoms with van der Waals surface area (Å²) in [7, 11) is -4.00. The number of piperidine rings is 1. The van der Waals surface area contributed by atoms with Gasteiger partial charge in [0.05, 0.1) is 11.7 Å². The Hall–Kier alpha value is -3.14. The maximum Gasteiger partial charge on any atom is 0.243 e. The standard InChI is InChI=1S/C27H28N4O3S2/c32-27(31-16-14-22(15-17-31)18-20-8-3-1-4-9-20)24(19-21-10-5-2-6-11-21)30-36(33,34)25-13-7-12-23-26(25)29-35-28-23/h1-13,22,24,30H,14-19H2/t24-/m1/s1. The summed E-state index contributed by atoms with van der Waals surface area (Å²) in [5, 5.41) is 0. The average molecular weight is 521 g/mol. The van der Waals surface area contributed by atoms with Gasteiger partial charge in [-0.15, -0.1) is 0 Å². The summed E-state index contributed by atoms with van der Waals surface area (Å²) in [5.41, 5.74) is 3.05. The van der Waals surface area contributed by atoms with Gasteiger partial charge in [-0.2, -0.15) is 13.5 Å². The Bertz CT molecular complexity index is 1420. The number of benzene rings is 3. The molecule has 1 amide bonds. The second kappa shape index (κ2) is 10.9. The van der Waals surface area contributed by atoms with Gasteiger partial charge >= 0.3 is 0 Å². The molecule has 0 bridgehead atoms. The Morgan fingerprint density at radius 2 is 1.58 bits per heavy atom. The third-order valence-electron chi connectivity index (χ3n) is 6.71. The Labute approximate surface area is 215 Å². The Balaban J connectivity index is 1.33. The molecule has 0 unspecified atom stereocenters. The number of fused-ring (bicyclic) bond motifs is 1. The summed E-state index contributed by atoms with van der Waals surface area (Å²) in [6.45, 7) is 1.24. The van der Waals surface area contributed by atoms with Crippen molar-refractivity contribution >= 4 is 38.7 Å². The highest BCUT2D eigenvalue weighted by Gasteiger charge is 2.32.